The lowest BCUT2D eigenvalue weighted by Crippen LogP contribution is -2.09. The first kappa shape index (κ1) is 38.0. The summed E-state index contributed by atoms with van der Waals surface area (Å²) in [5, 5.41) is 8.60. The van der Waals surface area contributed by atoms with Gasteiger partial charge in [-0.15, -0.1) is 0 Å². The minimum Gasteiger partial charge on any atom is -0.460 e. The topological polar surface area (TPSA) is 30.1 Å². The molecule has 2 heterocycles. The van der Waals surface area contributed by atoms with Crippen LogP contribution in [0.25, 0.3) is 62.1 Å². The molecular weight excluding hydrogens is 717 g/mol. The van der Waals surface area contributed by atoms with Crippen molar-refractivity contribution in [1.82, 2.24) is 9.88 Å². The highest BCUT2D eigenvalue weighted by Gasteiger charge is 2.24. The quantitative estimate of drug-likeness (QED) is 0.156. The Hall–Kier alpha value is -6.58. The number of rotatable bonds is 8. The third kappa shape index (κ3) is 7.50. The Bertz CT molecular complexity index is 2930. The number of furan rings is 1. The molecule has 59 heavy (non-hydrogen) atoms. The van der Waals surface area contributed by atoms with Crippen molar-refractivity contribution < 1.29 is 4.42 Å². The molecule has 0 atom stereocenters. The Kier molecular flexibility index (Phi) is 10.8. The minimum absolute atomic E-state index is 0.913. The second-order valence-corrected chi connectivity index (χ2v) is 15.7. The van der Waals surface area contributed by atoms with Crippen LogP contribution in [0.15, 0.2) is 173 Å². The number of aryl methyl sites for hydroxylation is 2. The Morgan fingerprint density at radius 2 is 1.36 bits per heavy atom. The summed E-state index contributed by atoms with van der Waals surface area (Å²) in [5.74, 6) is 1.08. The van der Waals surface area contributed by atoms with Gasteiger partial charge in [0.25, 0.3) is 0 Å². The highest BCUT2D eigenvalue weighted by molar-refractivity contribution is 5.96. The Balaban J connectivity index is 0.00000221. The number of fused-ring (bicyclic) bond motifs is 7. The lowest BCUT2D eigenvalue weighted by Gasteiger charge is -2.24. The van der Waals surface area contributed by atoms with E-state index >= 15 is 0 Å². The van der Waals surface area contributed by atoms with Crippen LogP contribution in [0.1, 0.15) is 85.7 Å². The molecule has 2 aromatic heterocycles. The van der Waals surface area contributed by atoms with E-state index in [0.29, 0.717) is 0 Å². The van der Waals surface area contributed by atoms with Crippen molar-refractivity contribution in [2.45, 2.75) is 66.2 Å². The molecule has 0 spiro atoms. The molecular formula is C56H52N2O. The average Bonchev–Trinajstić information content (AvgIpc) is 3.81. The number of aromatic nitrogens is 1. The maximum atomic E-state index is 6.06. The highest BCUT2D eigenvalue weighted by atomic mass is 16.3. The van der Waals surface area contributed by atoms with E-state index in [1.54, 1.807) is 0 Å². The van der Waals surface area contributed by atoms with Crippen molar-refractivity contribution in [2.75, 3.05) is 0 Å². The number of para-hydroxylation sites is 2. The van der Waals surface area contributed by atoms with E-state index in [2.05, 4.69) is 169 Å². The van der Waals surface area contributed by atoms with Crippen molar-refractivity contribution in [2.24, 2.45) is 0 Å². The first-order valence-electron chi connectivity index (χ1n) is 21.4. The zero-order valence-electron chi connectivity index (χ0n) is 34.7. The molecule has 0 unspecified atom stereocenters. The van der Waals surface area contributed by atoms with Gasteiger partial charge in [0, 0.05) is 51.6 Å². The van der Waals surface area contributed by atoms with Gasteiger partial charge in [0.05, 0.1) is 5.52 Å². The van der Waals surface area contributed by atoms with Gasteiger partial charge in [-0.3, -0.25) is 0 Å². The maximum absolute atomic E-state index is 6.06. The fraction of sp³-hybridized carbons (Fsp3) is 0.179. The molecule has 3 heteroatoms. The molecule has 0 amide bonds. The molecule has 3 aliphatic rings. The number of nitrogens with zero attached hydrogens (tertiary/aromatic N) is 1. The monoisotopic (exact) mass is 768 g/mol. The third-order valence-corrected chi connectivity index (χ3v) is 12.1. The Morgan fingerprint density at radius 3 is 2.22 bits per heavy atom. The molecule has 0 fully saturated rings. The van der Waals surface area contributed by atoms with Crippen molar-refractivity contribution in [3.63, 3.8) is 0 Å². The number of nitrogens with one attached hydrogen (secondary N) is 1. The van der Waals surface area contributed by atoms with E-state index in [1.807, 2.05) is 32.2 Å². The average molecular weight is 769 g/mol. The molecule has 0 saturated heterocycles. The van der Waals surface area contributed by atoms with E-state index in [4.69, 9.17) is 4.42 Å². The fourth-order valence-electron chi connectivity index (χ4n) is 9.12. The Labute approximate surface area is 348 Å². The van der Waals surface area contributed by atoms with Crippen LogP contribution in [0.4, 0.5) is 0 Å². The van der Waals surface area contributed by atoms with Gasteiger partial charge in [-0.2, -0.15) is 0 Å². The first-order chi connectivity index (χ1) is 29.1. The normalized spacial score (nSPS) is 15.4. The molecule has 0 bridgehead atoms. The van der Waals surface area contributed by atoms with E-state index < -0.39 is 0 Å². The van der Waals surface area contributed by atoms with Crippen molar-refractivity contribution in [3.8, 4) is 5.69 Å². The predicted molar refractivity (Wildman–Crippen MR) is 252 cm³/mol. The van der Waals surface area contributed by atoms with Gasteiger partial charge >= 0.3 is 0 Å². The summed E-state index contributed by atoms with van der Waals surface area (Å²) in [4.78, 5) is 0. The molecule has 3 aliphatic carbocycles. The Morgan fingerprint density at radius 1 is 0.610 bits per heavy atom. The standard InChI is InChI=1S/C54H46N2O.C2H6/c1-36-21-23-41(33-47(36)48-32-40-16-10-9-15-39(40)30-37(48)2)42-24-27-51-49(34-42)45-26-22-38(31-52(45)56(51)44-17-7-5-8-18-44)14-6-3-4-13-29-55-43-25-28-54-50(35-43)46-19-11-12-20-53(46)57-54;1-2/h3-20,22,26,29-35,55H,21,23-25,27-28H2,1-2H3;1-2H3/b4-3-,14-6-,29-13+;. The SMILES string of the molecule is CC.CC1=C(c2cc3ccccc3cc2C)C=C(C2=Cc3c(n(-c4ccccc4)c4cc(\C=C/C=C\C=C\NC5=Cc6c(oc7ccccc67)CC5)ccc34)CC2)CC1. The lowest BCUT2D eigenvalue weighted by molar-refractivity contribution is 0.540. The zero-order chi connectivity index (χ0) is 40.3. The van der Waals surface area contributed by atoms with Crippen LogP contribution in [0.5, 0.6) is 0 Å². The summed E-state index contributed by atoms with van der Waals surface area (Å²) in [6, 6.07) is 39.6. The number of allylic oxidation sites excluding steroid dienone is 10. The molecule has 0 radical (unpaired) electrons. The third-order valence-electron chi connectivity index (χ3n) is 12.1. The minimum atomic E-state index is 0.913. The van der Waals surface area contributed by atoms with Crippen LogP contribution in [-0.2, 0) is 12.8 Å². The molecule has 0 aliphatic heterocycles. The molecule has 3 nitrogen and oxygen atoms in total. The number of hydrogen-bond acceptors (Lipinski definition) is 2. The molecule has 292 valence electrons. The van der Waals surface area contributed by atoms with Crippen molar-refractivity contribution >= 4 is 56.4 Å². The summed E-state index contributed by atoms with van der Waals surface area (Å²) >= 11 is 0. The van der Waals surface area contributed by atoms with E-state index in [-0.39, 0.29) is 0 Å². The zero-order valence-corrected chi connectivity index (χ0v) is 34.7. The second kappa shape index (κ2) is 16.7. The molecule has 10 rings (SSSR count). The molecule has 5 aromatic carbocycles. The van der Waals surface area contributed by atoms with Gasteiger partial charge in [-0.25, -0.2) is 0 Å². The van der Waals surface area contributed by atoms with Crippen molar-refractivity contribution in [1.29, 1.82) is 0 Å². The summed E-state index contributed by atoms with van der Waals surface area (Å²) < 4.78 is 8.56. The van der Waals surface area contributed by atoms with Crippen LogP contribution in [-0.4, -0.2) is 4.57 Å². The van der Waals surface area contributed by atoms with Crippen molar-refractivity contribution in [3.05, 3.63) is 207 Å². The summed E-state index contributed by atoms with van der Waals surface area (Å²) in [6.07, 6.45) is 25.9. The van der Waals surface area contributed by atoms with Gasteiger partial charge in [-0.05, 0) is 139 Å². The van der Waals surface area contributed by atoms with E-state index in [0.717, 1.165) is 49.9 Å². The predicted octanol–water partition coefficient (Wildman–Crippen LogP) is 15.0. The van der Waals surface area contributed by atoms with Crippen LogP contribution < -0.4 is 5.32 Å². The fourth-order valence-corrected chi connectivity index (χ4v) is 9.12. The second-order valence-electron chi connectivity index (χ2n) is 15.7. The van der Waals surface area contributed by atoms with Crippen LogP contribution >= 0.6 is 0 Å². The van der Waals surface area contributed by atoms with Crippen LogP contribution in [0.3, 0.4) is 0 Å². The van der Waals surface area contributed by atoms with E-state index in [9.17, 15) is 0 Å². The summed E-state index contributed by atoms with van der Waals surface area (Å²) in [6.45, 7) is 8.58. The smallest absolute Gasteiger partial charge is 0.134 e. The van der Waals surface area contributed by atoms with Gasteiger partial charge in [0.15, 0.2) is 0 Å². The lowest BCUT2D eigenvalue weighted by atomic mass is 9.81. The maximum Gasteiger partial charge on any atom is 0.134 e. The van der Waals surface area contributed by atoms with Gasteiger partial charge in [-0.1, -0.05) is 129 Å². The van der Waals surface area contributed by atoms with Gasteiger partial charge in [0.2, 0.25) is 0 Å². The number of benzene rings is 5. The first-order valence-corrected chi connectivity index (χ1v) is 21.4. The highest BCUT2D eigenvalue weighted by Crippen LogP contribution is 2.42. The summed E-state index contributed by atoms with van der Waals surface area (Å²) in [7, 11) is 0. The largest absolute Gasteiger partial charge is 0.460 e. The summed E-state index contributed by atoms with van der Waals surface area (Å²) in [5.41, 5.74) is 18.4. The molecule has 1 N–H and O–H groups in total. The van der Waals surface area contributed by atoms with Gasteiger partial charge < -0.3 is 14.3 Å². The molecule has 7 aromatic rings. The van der Waals surface area contributed by atoms with Crippen LogP contribution in [0.2, 0.25) is 0 Å². The number of hydrogen-bond donors (Lipinski definition) is 1. The van der Waals surface area contributed by atoms with Gasteiger partial charge in [0.1, 0.15) is 11.3 Å². The van der Waals surface area contributed by atoms with Crippen LogP contribution in [0, 0.1) is 6.92 Å². The molecule has 0 saturated carbocycles. The van der Waals surface area contributed by atoms with E-state index in [1.165, 1.54) is 94.2 Å².